The van der Waals surface area contributed by atoms with Gasteiger partial charge >= 0.3 is 0 Å². The van der Waals surface area contributed by atoms with Gasteiger partial charge in [-0.3, -0.25) is 4.79 Å². The highest BCUT2D eigenvalue weighted by atomic mass is 16.3. The van der Waals surface area contributed by atoms with Gasteiger partial charge in [-0.05, 0) is 30.6 Å². The summed E-state index contributed by atoms with van der Waals surface area (Å²) in [6.45, 7) is 1.85. The number of phenols is 1. The van der Waals surface area contributed by atoms with E-state index in [2.05, 4.69) is 0 Å². The summed E-state index contributed by atoms with van der Waals surface area (Å²) in [6.07, 6.45) is 0.449. The van der Waals surface area contributed by atoms with E-state index in [1.54, 1.807) is 12.1 Å². The molecule has 1 radical (unpaired) electrons. The molecule has 0 aliphatic rings. The number of carbonyl (C=O) groups is 1. The Morgan fingerprint density at radius 3 is 2.50 bits per heavy atom. The summed E-state index contributed by atoms with van der Waals surface area (Å²) in [5.74, 6) is 0.268. The van der Waals surface area contributed by atoms with Crippen LogP contribution in [0.3, 0.4) is 0 Å². The zero-order chi connectivity index (χ0) is 8.97. The Hall–Kier alpha value is -1.25. The van der Waals surface area contributed by atoms with Crippen molar-refractivity contribution in [1.29, 1.82) is 0 Å². The van der Waals surface area contributed by atoms with E-state index < -0.39 is 0 Å². The van der Waals surface area contributed by atoms with Gasteiger partial charge in [0.05, 0.1) is 0 Å². The largest absolute Gasteiger partial charge is 0.508 e. The summed E-state index contributed by atoms with van der Waals surface area (Å²) in [7, 11) is 1.81. The molecule has 0 atom stereocenters. The first kappa shape index (κ1) is 8.85. The van der Waals surface area contributed by atoms with Gasteiger partial charge in [0.1, 0.15) is 13.0 Å². The number of aromatic hydroxyl groups is 1. The fraction of sp³-hybridized carbons (Fsp3) is 0.222. The number of hydrogen-bond acceptors (Lipinski definition) is 2. The first-order chi connectivity index (χ1) is 5.74. The third-order valence-electron chi connectivity index (χ3n) is 1.58. The molecule has 1 aromatic rings. The maximum atomic E-state index is 11.2. The maximum absolute atomic E-state index is 11.2. The molecule has 0 saturated heterocycles. The van der Waals surface area contributed by atoms with E-state index in [0.29, 0.717) is 11.9 Å². The quantitative estimate of drug-likeness (QED) is 0.541. The molecule has 3 heteroatoms. The van der Waals surface area contributed by atoms with Gasteiger partial charge < -0.3 is 5.11 Å². The van der Waals surface area contributed by atoms with Gasteiger partial charge in [-0.15, -0.1) is 0 Å². The lowest BCUT2D eigenvalue weighted by atomic mass is 9.75. The van der Waals surface area contributed by atoms with E-state index >= 15 is 0 Å². The standard InChI is InChI=1S/C9H10BO2/c1-10-6-9(12)7-2-4-8(11)5-3-7/h2-5,11H,6H2,1H3. The molecule has 12 heavy (non-hydrogen) atoms. The van der Waals surface area contributed by atoms with Crippen molar-refractivity contribution in [2.75, 3.05) is 0 Å². The first-order valence-electron chi connectivity index (χ1n) is 3.84. The van der Waals surface area contributed by atoms with Crippen molar-refractivity contribution in [2.45, 2.75) is 13.1 Å². The van der Waals surface area contributed by atoms with E-state index in [-0.39, 0.29) is 11.5 Å². The minimum atomic E-state index is 0.0810. The van der Waals surface area contributed by atoms with Gasteiger partial charge in [-0.1, -0.05) is 6.82 Å². The first-order valence-corrected chi connectivity index (χ1v) is 3.84. The molecular formula is C9H10BO2. The van der Waals surface area contributed by atoms with Crippen molar-refractivity contribution >= 4 is 13.1 Å². The zero-order valence-electron chi connectivity index (χ0n) is 6.95. The van der Waals surface area contributed by atoms with Crippen LogP contribution in [0.2, 0.25) is 13.1 Å². The van der Waals surface area contributed by atoms with E-state index in [1.807, 2.05) is 14.1 Å². The average molecular weight is 161 g/mol. The second-order valence-corrected chi connectivity index (χ2v) is 2.58. The van der Waals surface area contributed by atoms with Gasteiger partial charge in [-0.2, -0.15) is 0 Å². The normalized spacial score (nSPS) is 9.42. The summed E-state index contributed by atoms with van der Waals surface area (Å²) in [5.41, 5.74) is 0.644. The van der Waals surface area contributed by atoms with Crippen LogP contribution in [0.15, 0.2) is 24.3 Å². The van der Waals surface area contributed by atoms with Crippen LogP contribution in [-0.4, -0.2) is 18.2 Å². The predicted molar refractivity (Wildman–Crippen MR) is 48.9 cm³/mol. The monoisotopic (exact) mass is 161 g/mol. The molecule has 0 unspecified atom stereocenters. The highest BCUT2D eigenvalue weighted by Crippen LogP contribution is 2.11. The summed E-state index contributed by atoms with van der Waals surface area (Å²) >= 11 is 0. The van der Waals surface area contributed by atoms with Crippen molar-refractivity contribution < 1.29 is 9.90 Å². The highest BCUT2D eigenvalue weighted by Gasteiger charge is 2.03. The summed E-state index contributed by atoms with van der Waals surface area (Å²) in [6, 6.07) is 6.29. The minimum Gasteiger partial charge on any atom is -0.508 e. The van der Waals surface area contributed by atoms with Crippen LogP contribution in [0.5, 0.6) is 5.75 Å². The third kappa shape index (κ3) is 2.12. The van der Waals surface area contributed by atoms with Crippen LogP contribution in [0, 0.1) is 0 Å². The van der Waals surface area contributed by atoms with E-state index in [0.717, 1.165) is 0 Å². The second-order valence-electron chi connectivity index (χ2n) is 2.58. The Balaban J connectivity index is 2.75. The van der Waals surface area contributed by atoms with Crippen LogP contribution < -0.4 is 0 Å². The fourth-order valence-electron chi connectivity index (χ4n) is 0.951. The number of benzene rings is 1. The SMILES string of the molecule is C[B]CC(=O)c1ccc(O)cc1. The molecule has 0 bridgehead atoms. The molecule has 61 valence electrons. The topological polar surface area (TPSA) is 37.3 Å². The van der Waals surface area contributed by atoms with Gasteiger partial charge in [0.15, 0.2) is 5.78 Å². The molecule has 1 aromatic carbocycles. The van der Waals surface area contributed by atoms with Crippen molar-refractivity contribution in [3.05, 3.63) is 29.8 Å². The number of ketones is 1. The van der Waals surface area contributed by atoms with Gasteiger partial charge in [0.2, 0.25) is 0 Å². The van der Waals surface area contributed by atoms with Gasteiger partial charge in [-0.25, -0.2) is 0 Å². The molecule has 0 heterocycles. The zero-order valence-corrected chi connectivity index (χ0v) is 6.95. The van der Waals surface area contributed by atoms with Crippen molar-refractivity contribution in [3.8, 4) is 5.75 Å². The van der Waals surface area contributed by atoms with E-state index in [4.69, 9.17) is 5.11 Å². The second kappa shape index (κ2) is 3.95. The molecule has 2 nitrogen and oxygen atoms in total. The lowest BCUT2D eigenvalue weighted by Gasteiger charge is -1.97. The van der Waals surface area contributed by atoms with E-state index in [9.17, 15) is 4.79 Å². The van der Waals surface area contributed by atoms with Crippen molar-refractivity contribution in [3.63, 3.8) is 0 Å². The number of hydrogen-bond donors (Lipinski definition) is 1. The Morgan fingerprint density at radius 2 is 2.00 bits per heavy atom. The fourth-order valence-corrected chi connectivity index (χ4v) is 0.951. The van der Waals surface area contributed by atoms with Crippen LogP contribution in [0.4, 0.5) is 0 Å². The Bertz CT molecular complexity index is 266. The number of carbonyl (C=O) groups excluding carboxylic acids is 1. The lowest BCUT2D eigenvalue weighted by molar-refractivity contribution is 0.101. The Morgan fingerprint density at radius 1 is 1.42 bits per heavy atom. The molecular weight excluding hydrogens is 151 g/mol. The van der Waals surface area contributed by atoms with Crippen LogP contribution in [0.1, 0.15) is 10.4 Å². The van der Waals surface area contributed by atoms with Crippen LogP contribution in [0.25, 0.3) is 0 Å². The minimum absolute atomic E-state index is 0.0810. The van der Waals surface area contributed by atoms with Crippen LogP contribution in [-0.2, 0) is 0 Å². The summed E-state index contributed by atoms with van der Waals surface area (Å²) in [4.78, 5) is 11.2. The molecule has 0 amide bonds. The Labute approximate surface area is 72.5 Å². The highest BCUT2D eigenvalue weighted by molar-refractivity contribution is 6.41. The number of rotatable bonds is 3. The molecule has 0 aliphatic carbocycles. The van der Waals surface area contributed by atoms with Gasteiger partial charge in [0, 0.05) is 5.56 Å². The Kier molecular flexibility index (Phi) is 2.91. The molecule has 0 spiro atoms. The molecule has 1 rings (SSSR count). The number of phenolic OH excluding ortho intramolecular Hbond substituents is 1. The van der Waals surface area contributed by atoms with E-state index in [1.165, 1.54) is 12.1 Å². The van der Waals surface area contributed by atoms with Crippen molar-refractivity contribution in [1.82, 2.24) is 0 Å². The number of Topliss-reactive ketones (excluding diaryl/α,β-unsaturated/α-hetero) is 1. The summed E-state index contributed by atoms with van der Waals surface area (Å²) < 4.78 is 0. The molecule has 0 aliphatic heterocycles. The molecule has 1 N–H and O–H groups in total. The average Bonchev–Trinajstić information content (AvgIpc) is 2.06. The van der Waals surface area contributed by atoms with Crippen molar-refractivity contribution in [2.24, 2.45) is 0 Å². The van der Waals surface area contributed by atoms with Gasteiger partial charge in [0.25, 0.3) is 0 Å². The molecule has 0 saturated carbocycles. The smallest absolute Gasteiger partial charge is 0.155 e. The lowest BCUT2D eigenvalue weighted by Crippen LogP contribution is -2.00. The third-order valence-corrected chi connectivity index (χ3v) is 1.58. The predicted octanol–water partition coefficient (Wildman–Crippen LogP) is 1.75. The molecule has 0 fully saturated rings. The van der Waals surface area contributed by atoms with Crippen LogP contribution >= 0.6 is 0 Å². The summed E-state index contributed by atoms with van der Waals surface area (Å²) in [5, 5.41) is 8.95. The molecule has 0 aromatic heterocycles. The maximum Gasteiger partial charge on any atom is 0.155 e.